The maximum Gasteiger partial charge on any atom is 0.328 e. The number of aldehydes is 1. The first kappa shape index (κ1) is 33.1. The molecule has 13 heteroatoms. The van der Waals surface area contributed by atoms with E-state index < -0.39 is 54.0 Å². The summed E-state index contributed by atoms with van der Waals surface area (Å²) >= 11 is 1.07. The summed E-state index contributed by atoms with van der Waals surface area (Å²) in [5.74, 6) is -3.23. The number of halogens is 2. The highest BCUT2D eigenvalue weighted by molar-refractivity contribution is 7.14. The third-order valence-electron chi connectivity index (χ3n) is 7.99. The van der Waals surface area contributed by atoms with E-state index in [4.69, 9.17) is 4.74 Å². The van der Waals surface area contributed by atoms with Crippen LogP contribution < -0.4 is 4.90 Å². The van der Waals surface area contributed by atoms with Crippen molar-refractivity contribution in [3.8, 4) is 10.6 Å². The molecule has 0 bridgehead atoms. The van der Waals surface area contributed by atoms with Gasteiger partial charge < -0.3 is 24.4 Å². The zero-order chi connectivity index (χ0) is 32.5. The molecule has 1 aromatic carbocycles. The van der Waals surface area contributed by atoms with E-state index in [2.05, 4.69) is 16.8 Å². The molecule has 1 N–H and O–H groups in total. The number of imide groups is 1. The first-order valence-electron chi connectivity index (χ1n) is 14.1. The predicted octanol–water partition coefficient (Wildman–Crippen LogP) is 4.42. The molecule has 3 heterocycles. The second kappa shape index (κ2) is 13.0. The van der Waals surface area contributed by atoms with Crippen molar-refractivity contribution in [1.29, 1.82) is 0 Å². The minimum Gasteiger partial charge on any atom is -0.376 e. The predicted molar refractivity (Wildman–Crippen MR) is 163 cm³/mol. The molecule has 3 amide bonds. The Hall–Kier alpha value is -3.81. The Balaban J connectivity index is 1.80. The molecule has 0 aliphatic carbocycles. The lowest BCUT2D eigenvalue weighted by Crippen LogP contribution is -2.69. The number of fused-ring (bicyclic) bond motifs is 3. The number of rotatable bonds is 8. The van der Waals surface area contributed by atoms with E-state index in [0.29, 0.717) is 16.2 Å². The number of nitrogens with zero attached hydrogens (tertiary/aromatic N) is 5. The maximum absolute atomic E-state index is 15.9. The molecule has 0 spiro atoms. The van der Waals surface area contributed by atoms with E-state index in [1.165, 1.54) is 22.9 Å². The second-order valence-electron chi connectivity index (χ2n) is 11.4. The van der Waals surface area contributed by atoms with Crippen molar-refractivity contribution in [2.45, 2.75) is 59.3 Å². The number of carbonyl (C=O) groups excluding carboxylic acids is 3. The normalized spacial score (nSPS) is 23.5. The Morgan fingerprint density at radius 1 is 1.25 bits per heavy atom. The third-order valence-corrected chi connectivity index (χ3v) is 8.86. The van der Waals surface area contributed by atoms with Crippen LogP contribution in [0, 0.1) is 24.0 Å². The summed E-state index contributed by atoms with van der Waals surface area (Å²) in [4.78, 5) is 44.4. The largest absolute Gasteiger partial charge is 0.376 e. The van der Waals surface area contributed by atoms with Crippen LogP contribution in [0.25, 0.3) is 10.6 Å². The van der Waals surface area contributed by atoms with E-state index in [9.17, 15) is 19.5 Å². The van der Waals surface area contributed by atoms with Crippen molar-refractivity contribution in [2.24, 2.45) is 5.41 Å². The summed E-state index contributed by atoms with van der Waals surface area (Å²) in [6.45, 7) is 11.6. The van der Waals surface area contributed by atoms with E-state index in [0.717, 1.165) is 22.5 Å². The molecule has 4 atom stereocenters. The van der Waals surface area contributed by atoms with Crippen LogP contribution >= 0.6 is 11.3 Å². The minimum absolute atomic E-state index is 0.0487. The number of aliphatic hydroxyl groups excluding tert-OH is 1. The number of morpholine rings is 1. The number of urea groups is 1. The summed E-state index contributed by atoms with van der Waals surface area (Å²) < 4.78 is 37.5. The average Bonchev–Trinajstić information content (AvgIpc) is 3.42. The molecule has 2 aliphatic rings. The first-order chi connectivity index (χ1) is 20.8. The van der Waals surface area contributed by atoms with Gasteiger partial charge in [-0.3, -0.25) is 4.79 Å². The van der Waals surface area contributed by atoms with Crippen LogP contribution in [0.1, 0.15) is 38.3 Å². The highest BCUT2D eigenvalue weighted by Crippen LogP contribution is 2.48. The molecule has 2 aliphatic heterocycles. The van der Waals surface area contributed by atoms with Gasteiger partial charge >= 0.3 is 6.03 Å². The zero-order valence-corrected chi connectivity index (χ0v) is 26.5. The van der Waals surface area contributed by atoms with E-state index in [1.54, 1.807) is 33.8 Å². The monoisotopic (exact) mass is 629 g/mol. The van der Waals surface area contributed by atoms with Gasteiger partial charge in [0.25, 0.3) is 0 Å². The highest BCUT2D eigenvalue weighted by Gasteiger charge is 2.59. The summed E-state index contributed by atoms with van der Waals surface area (Å²) in [5, 5.41) is 18.9. The molecule has 10 nitrogen and oxygen atoms in total. The maximum atomic E-state index is 15.9. The lowest BCUT2D eigenvalue weighted by Gasteiger charge is -2.54. The van der Waals surface area contributed by atoms with Gasteiger partial charge in [0, 0.05) is 20.1 Å². The summed E-state index contributed by atoms with van der Waals surface area (Å²) in [5.41, 5.74) is -0.322. The SMILES string of the molecule is C=C/C(C)=C\C=C(/C)CN(C)C(=O)N(CO)C(=O)C1(C=O)Cc2cc(-c3nnc(C)s3)c(F)c(F)c2N2CC(C)OC(C)[C@H]21. The summed E-state index contributed by atoms with van der Waals surface area (Å²) in [7, 11) is 1.47. The van der Waals surface area contributed by atoms with Crippen LogP contribution in [0.5, 0.6) is 0 Å². The molecular weight excluding hydrogens is 592 g/mol. The number of likely N-dealkylation sites (N-methyl/N-ethyl adjacent to an activating group) is 1. The van der Waals surface area contributed by atoms with Crippen LogP contribution in [-0.4, -0.2) is 88.4 Å². The number of hydrogen-bond acceptors (Lipinski definition) is 9. The molecule has 1 fully saturated rings. The molecule has 0 radical (unpaired) electrons. The minimum atomic E-state index is -1.99. The van der Waals surface area contributed by atoms with Gasteiger partial charge in [-0.2, -0.15) is 0 Å². The first-order valence-corrected chi connectivity index (χ1v) is 14.9. The number of anilines is 1. The molecule has 1 aromatic heterocycles. The van der Waals surface area contributed by atoms with Crippen molar-refractivity contribution in [3.05, 3.63) is 64.2 Å². The quantitative estimate of drug-likeness (QED) is 0.198. The van der Waals surface area contributed by atoms with Gasteiger partial charge in [-0.15, -0.1) is 10.2 Å². The summed E-state index contributed by atoms with van der Waals surface area (Å²) in [6, 6.07) is -0.550. The molecule has 3 unspecified atom stereocenters. The van der Waals surface area contributed by atoms with Gasteiger partial charge in [0.1, 0.15) is 23.4 Å². The molecule has 4 rings (SSSR count). The number of benzene rings is 1. The molecular formula is C31H37F2N5O5S. The number of ether oxygens (including phenoxy) is 1. The van der Waals surface area contributed by atoms with Gasteiger partial charge in [-0.1, -0.05) is 47.3 Å². The van der Waals surface area contributed by atoms with E-state index >= 15 is 8.78 Å². The smallest absolute Gasteiger partial charge is 0.328 e. The third kappa shape index (κ3) is 5.95. The van der Waals surface area contributed by atoms with Crippen molar-refractivity contribution in [3.63, 3.8) is 0 Å². The lowest BCUT2D eigenvalue weighted by atomic mass is 9.68. The van der Waals surface area contributed by atoms with Crippen LogP contribution in [0.2, 0.25) is 0 Å². The fraction of sp³-hybridized carbons (Fsp3) is 0.452. The topological polar surface area (TPSA) is 116 Å². The van der Waals surface area contributed by atoms with Crippen LogP contribution in [0.3, 0.4) is 0 Å². The number of aromatic nitrogens is 2. The number of aryl methyl sites for hydroxylation is 1. The van der Waals surface area contributed by atoms with Gasteiger partial charge in [0.15, 0.2) is 16.6 Å². The van der Waals surface area contributed by atoms with Crippen molar-refractivity contribution >= 4 is 35.2 Å². The fourth-order valence-electron chi connectivity index (χ4n) is 6.02. The Bertz CT molecular complexity index is 1540. The second-order valence-corrected chi connectivity index (χ2v) is 12.6. The standard InChI is InChI=1S/C31H37F2N5O5S/c1-8-17(2)9-10-18(3)13-36(7)30(42)38(16-40)29(41)31(15-39)12-22-11-23(28-35-34-21(6)44-28)24(32)25(33)26(22)37-14-19(4)43-20(5)27(31)37/h8-11,15,19-20,27,40H,1,12-14,16H2,2-7H3/b17-9-,18-10+/t19?,20?,27-,31?/m0/s1. The zero-order valence-electron chi connectivity index (χ0n) is 25.6. The van der Waals surface area contributed by atoms with E-state index in [-0.39, 0.29) is 41.3 Å². The van der Waals surface area contributed by atoms with Gasteiger partial charge in [0.05, 0.1) is 29.5 Å². The highest BCUT2D eigenvalue weighted by atomic mass is 32.1. The Morgan fingerprint density at radius 3 is 2.55 bits per heavy atom. The van der Waals surface area contributed by atoms with Crippen molar-refractivity contribution < 1.29 is 33.0 Å². The van der Waals surface area contributed by atoms with Crippen LogP contribution in [0.15, 0.2) is 42.0 Å². The van der Waals surface area contributed by atoms with Gasteiger partial charge in [-0.05, 0) is 52.7 Å². The van der Waals surface area contributed by atoms with Crippen LogP contribution in [-0.2, 0) is 20.7 Å². The number of hydrogen-bond donors (Lipinski definition) is 1. The molecule has 44 heavy (non-hydrogen) atoms. The summed E-state index contributed by atoms with van der Waals surface area (Å²) in [6.07, 6.45) is 4.14. The average molecular weight is 630 g/mol. The number of carbonyl (C=O) groups is 3. The molecule has 236 valence electrons. The lowest BCUT2D eigenvalue weighted by molar-refractivity contribution is -0.153. The molecule has 0 saturated carbocycles. The number of amides is 3. The number of aliphatic hydroxyl groups is 1. The molecule has 2 aromatic rings. The van der Waals surface area contributed by atoms with Gasteiger partial charge in [0.2, 0.25) is 5.91 Å². The Kier molecular flexibility index (Phi) is 9.81. The van der Waals surface area contributed by atoms with Crippen LogP contribution in [0.4, 0.5) is 19.3 Å². The molecule has 1 saturated heterocycles. The van der Waals surface area contributed by atoms with Crippen molar-refractivity contribution in [2.75, 3.05) is 31.8 Å². The number of allylic oxidation sites excluding steroid dienone is 4. The fourth-order valence-corrected chi connectivity index (χ4v) is 6.72. The van der Waals surface area contributed by atoms with E-state index in [1.807, 2.05) is 19.1 Å². The Morgan fingerprint density at radius 2 is 1.95 bits per heavy atom. The Labute approximate surface area is 259 Å². The van der Waals surface area contributed by atoms with Crippen molar-refractivity contribution in [1.82, 2.24) is 20.0 Å². The van der Waals surface area contributed by atoms with Gasteiger partial charge in [-0.25, -0.2) is 18.5 Å².